The molecule has 0 saturated heterocycles. The van der Waals surface area contributed by atoms with Crippen LogP contribution in [0.3, 0.4) is 0 Å². The predicted molar refractivity (Wildman–Crippen MR) is 348 cm³/mol. The van der Waals surface area contributed by atoms with E-state index in [1.807, 2.05) is 0 Å². The van der Waals surface area contributed by atoms with Crippen LogP contribution in [0.1, 0.15) is 0 Å². The maximum atomic E-state index is 7.04. The Morgan fingerprint density at radius 2 is 0.695 bits per heavy atom. The molecule has 0 aliphatic heterocycles. The highest BCUT2D eigenvalue weighted by Gasteiger charge is 2.41. The Labute approximate surface area is 476 Å². The summed E-state index contributed by atoms with van der Waals surface area (Å²) in [6.45, 7) is 0. The maximum Gasteiger partial charge on any atom is 0.179 e. The fraction of sp³-hybridized carbons (Fsp3) is 0. The van der Waals surface area contributed by atoms with Crippen molar-refractivity contribution in [2.75, 3.05) is 0 Å². The van der Waals surface area contributed by atoms with Crippen LogP contribution in [0.4, 0.5) is 0 Å². The van der Waals surface area contributed by atoms with Crippen LogP contribution in [-0.2, 0) is 0 Å². The van der Waals surface area contributed by atoms with Crippen molar-refractivity contribution in [1.82, 2.24) is 9.13 Å². The summed E-state index contributed by atoms with van der Waals surface area (Å²) in [6, 6.07) is 116. The number of para-hydroxylation sites is 2. The number of furan rings is 1. The van der Waals surface area contributed by atoms with Crippen LogP contribution in [-0.4, -0.2) is 17.2 Å². The number of hydrogen-bond donors (Lipinski definition) is 0. The third kappa shape index (κ3) is 7.57. The van der Waals surface area contributed by atoms with Crippen molar-refractivity contribution in [2.24, 2.45) is 0 Å². The van der Waals surface area contributed by atoms with Gasteiger partial charge in [-0.3, -0.25) is 0 Å². The highest BCUT2D eigenvalue weighted by molar-refractivity contribution is 7.20. The van der Waals surface area contributed by atoms with Crippen molar-refractivity contribution in [3.63, 3.8) is 0 Å². The molecule has 0 spiro atoms. The molecule has 16 rings (SSSR count). The average Bonchev–Trinajstić information content (AvgIpc) is 4.17. The van der Waals surface area contributed by atoms with Crippen LogP contribution in [0.25, 0.3) is 121 Å². The summed E-state index contributed by atoms with van der Waals surface area (Å²) >= 11 is 0. The van der Waals surface area contributed by atoms with Gasteiger partial charge in [0.2, 0.25) is 0 Å². The van der Waals surface area contributed by atoms with Gasteiger partial charge < -0.3 is 13.6 Å². The molecule has 0 fully saturated rings. The van der Waals surface area contributed by atoms with E-state index in [0.29, 0.717) is 0 Å². The first-order chi connectivity index (χ1) is 40.7. The molecule has 0 aliphatic rings. The Morgan fingerprint density at radius 1 is 0.244 bits per heavy atom. The summed E-state index contributed by atoms with van der Waals surface area (Å²) in [5.41, 5.74) is 17.9. The van der Waals surface area contributed by atoms with Crippen molar-refractivity contribution < 1.29 is 4.42 Å². The van der Waals surface area contributed by atoms with E-state index in [9.17, 15) is 0 Å². The van der Waals surface area contributed by atoms with E-state index in [1.54, 1.807) is 0 Å². The summed E-state index contributed by atoms with van der Waals surface area (Å²) in [6.07, 6.45) is 0. The molecule has 0 radical (unpaired) electrons. The van der Waals surface area contributed by atoms with Crippen LogP contribution in [0.2, 0.25) is 0 Å². The summed E-state index contributed by atoms with van der Waals surface area (Å²) < 4.78 is 12.0. The lowest BCUT2D eigenvalue weighted by atomic mass is 9.95. The minimum Gasteiger partial charge on any atom is -0.455 e. The first-order valence-electron chi connectivity index (χ1n) is 28.2. The Bertz CT molecular complexity index is 4980. The fourth-order valence-electron chi connectivity index (χ4n) is 13.4. The third-order valence-electron chi connectivity index (χ3n) is 17.1. The minimum atomic E-state index is -2.91. The summed E-state index contributed by atoms with van der Waals surface area (Å²) in [4.78, 5) is 0. The van der Waals surface area contributed by atoms with E-state index in [-0.39, 0.29) is 0 Å². The first-order valence-corrected chi connectivity index (χ1v) is 30.2. The Hall–Kier alpha value is -10.5. The standard InChI is InChI=1S/C78H52N2OSi/c1-6-22-53(23-7-1)55-26-18-28-57(48-55)65-37-21-41-76-77(65)68-39-20-38-66(78(68)81-76)58-42-45-73-69(50-58)71-52-64(82(61-30-10-3-11-31-61,62-32-12-4-13-33-62)63-34-14-5-15-35-63)44-47-75(71)80(73)60-43-46-74-70(51-60)67-36-16-17-40-72(67)79(74)59-29-19-27-56(49-59)54-24-8-2-9-25-54/h1-52H. The smallest absolute Gasteiger partial charge is 0.179 e. The molecule has 4 heteroatoms. The molecule has 0 bridgehead atoms. The van der Waals surface area contributed by atoms with Gasteiger partial charge in [-0.05, 0) is 126 Å². The molecule has 3 aromatic heterocycles. The van der Waals surface area contributed by atoms with E-state index in [4.69, 9.17) is 4.42 Å². The second-order valence-electron chi connectivity index (χ2n) is 21.5. The average molecular weight is 1060 g/mol. The number of aromatic nitrogens is 2. The molecule has 0 saturated carbocycles. The molecule has 0 unspecified atom stereocenters. The summed E-state index contributed by atoms with van der Waals surface area (Å²) in [5, 5.41) is 12.4. The molecule has 3 heterocycles. The predicted octanol–water partition coefficient (Wildman–Crippen LogP) is 17.8. The van der Waals surface area contributed by atoms with Crippen LogP contribution >= 0.6 is 0 Å². The third-order valence-corrected chi connectivity index (χ3v) is 21.8. The van der Waals surface area contributed by atoms with Gasteiger partial charge in [0.15, 0.2) is 8.07 Å². The molecule has 16 aromatic rings. The summed E-state index contributed by atoms with van der Waals surface area (Å²) in [7, 11) is -2.91. The van der Waals surface area contributed by atoms with Gasteiger partial charge in [0.05, 0.1) is 22.1 Å². The van der Waals surface area contributed by atoms with E-state index < -0.39 is 8.07 Å². The zero-order valence-corrected chi connectivity index (χ0v) is 45.8. The van der Waals surface area contributed by atoms with Gasteiger partial charge in [-0.2, -0.15) is 0 Å². The second-order valence-corrected chi connectivity index (χ2v) is 25.3. The minimum absolute atomic E-state index is 0.872. The number of benzene rings is 13. The van der Waals surface area contributed by atoms with Crippen LogP contribution in [0.15, 0.2) is 320 Å². The van der Waals surface area contributed by atoms with Crippen molar-refractivity contribution in [2.45, 2.75) is 0 Å². The van der Waals surface area contributed by atoms with Gasteiger partial charge in [-0.1, -0.05) is 249 Å². The van der Waals surface area contributed by atoms with Gasteiger partial charge >= 0.3 is 0 Å². The molecule has 0 atom stereocenters. The maximum absolute atomic E-state index is 7.04. The molecular weight excluding hydrogens is 1010 g/mol. The highest BCUT2D eigenvalue weighted by atomic mass is 28.3. The summed E-state index contributed by atoms with van der Waals surface area (Å²) in [5.74, 6) is 0. The monoisotopic (exact) mass is 1060 g/mol. The molecule has 0 amide bonds. The van der Waals surface area contributed by atoms with Gasteiger partial charge in [0, 0.05) is 49.3 Å². The first kappa shape index (κ1) is 47.5. The van der Waals surface area contributed by atoms with Crippen molar-refractivity contribution in [3.05, 3.63) is 315 Å². The van der Waals surface area contributed by atoms with Crippen LogP contribution in [0.5, 0.6) is 0 Å². The van der Waals surface area contributed by atoms with E-state index in [1.165, 1.54) is 70.1 Å². The van der Waals surface area contributed by atoms with E-state index in [2.05, 4.69) is 325 Å². The van der Waals surface area contributed by atoms with Crippen molar-refractivity contribution in [3.8, 4) is 55.9 Å². The van der Waals surface area contributed by atoms with Gasteiger partial charge in [-0.25, -0.2) is 0 Å². The Kier molecular flexibility index (Phi) is 11.2. The van der Waals surface area contributed by atoms with Crippen molar-refractivity contribution >= 4 is 94.4 Å². The number of rotatable bonds is 10. The van der Waals surface area contributed by atoms with Gasteiger partial charge in [0.1, 0.15) is 11.2 Å². The zero-order chi connectivity index (χ0) is 54.1. The largest absolute Gasteiger partial charge is 0.455 e. The topological polar surface area (TPSA) is 23.0 Å². The van der Waals surface area contributed by atoms with E-state index >= 15 is 0 Å². The van der Waals surface area contributed by atoms with Crippen LogP contribution in [0, 0.1) is 0 Å². The molecular formula is C78H52N2OSi. The second kappa shape index (κ2) is 19.4. The molecule has 82 heavy (non-hydrogen) atoms. The number of fused-ring (bicyclic) bond motifs is 9. The number of hydrogen-bond acceptors (Lipinski definition) is 1. The highest BCUT2D eigenvalue weighted by Crippen LogP contribution is 2.44. The van der Waals surface area contributed by atoms with E-state index in [0.717, 1.165) is 72.1 Å². The zero-order valence-electron chi connectivity index (χ0n) is 44.8. The lowest BCUT2D eigenvalue weighted by Gasteiger charge is -2.34. The van der Waals surface area contributed by atoms with Gasteiger partial charge in [-0.15, -0.1) is 0 Å². The molecule has 3 nitrogen and oxygen atoms in total. The Morgan fingerprint density at radius 3 is 1.37 bits per heavy atom. The quantitative estimate of drug-likeness (QED) is 0.0989. The number of nitrogens with zero attached hydrogens (tertiary/aromatic N) is 2. The fourth-order valence-corrected chi connectivity index (χ4v) is 18.2. The molecule has 384 valence electrons. The molecule has 0 N–H and O–H groups in total. The molecule has 0 aliphatic carbocycles. The normalized spacial score (nSPS) is 11.9. The lowest BCUT2D eigenvalue weighted by Crippen LogP contribution is -2.74. The Balaban J connectivity index is 0.930. The van der Waals surface area contributed by atoms with Crippen molar-refractivity contribution in [1.29, 1.82) is 0 Å². The lowest BCUT2D eigenvalue weighted by molar-refractivity contribution is 0.670. The SMILES string of the molecule is c1ccc(-c2cccc(-c3cccc4oc5c(-c6ccc7c(c6)c6cc([Si](c8ccccc8)(c8ccccc8)c8ccccc8)ccc6n7-c6ccc7c(c6)c6ccccc6n7-c6cccc(-c7ccccc7)c6)cccc5c34)c2)cc1. The van der Waals surface area contributed by atoms with Crippen LogP contribution < -0.4 is 20.7 Å². The molecule has 13 aromatic carbocycles. The van der Waals surface area contributed by atoms with Gasteiger partial charge in [0.25, 0.3) is 0 Å².